The molecule has 0 unspecified atom stereocenters. The molecule has 18 heavy (non-hydrogen) atoms. The highest BCUT2D eigenvalue weighted by Gasteiger charge is 2.12. The molecule has 0 radical (unpaired) electrons. The van der Waals surface area contributed by atoms with Crippen LogP contribution < -0.4 is 5.32 Å². The Hall–Kier alpha value is -1.78. The molecule has 5 heteroatoms. The Morgan fingerprint density at radius 1 is 1.22 bits per heavy atom. The first-order chi connectivity index (χ1) is 8.66. The summed E-state index contributed by atoms with van der Waals surface area (Å²) in [5, 5.41) is 12.7. The van der Waals surface area contributed by atoms with Crippen LogP contribution in [0.1, 0.15) is 21.7 Å². The summed E-state index contributed by atoms with van der Waals surface area (Å²) in [7, 11) is 0. The summed E-state index contributed by atoms with van der Waals surface area (Å²) < 4.78 is 5.12. The van der Waals surface area contributed by atoms with Crippen molar-refractivity contribution in [3.05, 3.63) is 58.5 Å². The van der Waals surface area contributed by atoms with Crippen molar-refractivity contribution in [2.24, 2.45) is 0 Å². The van der Waals surface area contributed by atoms with Gasteiger partial charge >= 0.3 is 5.97 Å². The first-order valence-corrected chi connectivity index (χ1v) is 5.79. The van der Waals surface area contributed by atoms with E-state index in [1.54, 1.807) is 0 Å². The Balaban J connectivity index is 1.90. The van der Waals surface area contributed by atoms with Gasteiger partial charge in [0.25, 0.3) is 0 Å². The minimum absolute atomic E-state index is 0.193. The van der Waals surface area contributed by atoms with Gasteiger partial charge in [0.15, 0.2) is 0 Å². The number of rotatable bonds is 5. The van der Waals surface area contributed by atoms with Gasteiger partial charge in [-0.15, -0.1) is 0 Å². The van der Waals surface area contributed by atoms with Crippen molar-refractivity contribution in [3.63, 3.8) is 0 Å². The number of benzene rings is 1. The number of carbonyl (C=O) groups is 1. The predicted molar refractivity (Wildman–Crippen MR) is 67.7 cm³/mol. The molecule has 2 aromatic rings. The third kappa shape index (κ3) is 3.12. The zero-order chi connectivity index (χ0) is 13.0. The Kier molecular flexibility index (Phi) is 4.02. The zero-order valence-corrected chi connectivity index (χ0v) is 10.3. The molecule has 0 spiro atoms. The van der Waals surface area contributed by atoms with E-state index in [-0.39, 0.29) is 5.56 Å². The highest BCUT2D eigenvalue weighted by atomic mass is 35.5. The van der Waals surface area contributed by atoms with Crippen LogP contribution in [-0.2, 0) is 13.1 Å². The van der Waals surface area contributed by atoms with E-state index in [1.165, 1.54) is 12.3 Å². The number of aromatic carboxylic acids is 1. The maximum Gasteiger partial charge on any atom is 0.339 e. The minimum Gasteiger partial charge on any atom is -0.478 e. The molecule has 1 aromatic heterocycles. The van der Waals surface area contributed by atoms with Gasteiger partial charge in [-0.3, -0.25) is 0 Å². The first kappa shape index (κ1) is 12.7. The number of furan rings is 1. The molecule has 0 saturated carbocycles. The Morgan fingerprint density at radius 2 is 1.94 bits per heavy atom. The van der Waals surface area contributed by atoms with E-state index < -0.39 is 5.97 Å². The number of halogens is 1. The lowest BCUT2D eigenvalue weighted by Gasteiger charge is -2.04. The van der Waals surface area contributed by atoms with Crippen molar-refractivity contribution < 1.29 is 14.3 Å². The summed E-state index contributed by atoms with van der Waals surface area (Å²) in [5.41, 5.74) is 1.27. The monoisotopic (exact) mass is 265 g/mol. The highest BCUT2D eigenvalue weighted by Crippen LogP contribution is 2.12. The number of carboxylic acids is 1. The number of carboxylic acid groups (broad SMARTS) is 1. The standard InChI is InChI=1S/C13H12ClNO3/c14-10-3-1-9(2-4-10)7-15-8-12-11(13(16)17)5-6-18-12/h1-6,15H,7-8H2,(H,16,17). The highest BCUT2D eigenvalue weighted by molar-refractivity contribution is 6.30. The zero-order valence-electron chi connectivity index (χ0n) is 9.52. The second-order valence-electron chi connectivity index (χ2n) is 3.79. The maximum absolute atomic E-state index is 10.9. The fourth-order valence-electron chi connectivity index (χ4n) is 1.59. The molecule has 0 aliphatic carbocycles. The van der Waals surface area contributed by atoms with Crippen LogP contribution in [0.3, 0.4) is 0 Å². The summed E-state index contributed by atoms with van der Waals surface area (Å²) in [4.78, 5) is 10.9. The lowest BCUT2D eigenvalue weighted by molar-refractivity contribution is 0.0694. The molecule has 94 valence electrons. The molecule has 2 rings (SSSR count). The molecule has 1 heterocycles. The van der Waals surface area contributed by atoms with Crippen LogP contribution in [0.5, 0.6) is 0 Å². The third-order valence-corrected chi connectivity index (χ3v) is 2.76. The van der Waals surface area contributed by atoms with Crippen molar-refractivity contribution in [1.82, 2.24) is 5.32 Å². The van der Waals surface area contributed by atoms with Gasteiger partial charge in [0.05, 0.1) is 12.8 Å². The lowest BCUT2D eigenvalue weighted by Crippen LogP contribution is -2.14. The van der Waals surface area contributed by atoms with Gasteiger partial charge in [0.1, 0.15) is 11.3 Å². The van der Waals surface area contributed by atoms with Crippen molar-refractivity contribution >= 4 is 17.6 Å². The van der Waals surface area contributed by atoms with Gasteiger partial charge < -0.3 is 14.8 Å². The first-order valence-electron chi connectivity index (χ1n) is 5.41. The fraction of sp³-hybridized carbons (Fsp3) is 0.154. The van der Waals surface area contributed by atoms with Crippen molar-refractivity contribution in [2.75, 3.05) is 0 Å². The Bertz CT molecular complexity index is 533. The van der Waals surface area contributed by atoms with Crippen molar-refractivity contribution in [3.8, 4) is 0 Å². The Morgan fingerprint density at radius 3 is 2.61 bits per heavy atom. The summed E-state index contributed by atoms with van der Waals surface area (Å²) >= 11 is 5.78. The molecule has 0 atom stereocenters. The molecular formula is C13H12ClNO3. The number of hydrogen-bond acceptors (Lipinski definition) is 3. The molecule has 0 fully saturated rings. The third-order valence-electron chi connectivity index (χ3n) is 2.50. The normalized spacial score (nSPS) is 10.5. The van der Waals surface area contributed by atoms with E-state index in [0.717, 1.165) is 5.56 Å². The van der Waals surface area contributed by atoms with E-state index in [1.807, 2.05) is 24.3 Å². The SMILES string of the molecule is O=C(O)c1ccoc1CNCc1ccc(Cl)cc1. The summed E-state index contributed by atoms with van der Waals surface area (Å²) in [6.07, 6.45) is 1.38. The van der Waals surface area contributed by atoms with E-state index in [9.17, 15) is 4.79 Å². The van der Waals surface area contributed by atoms with Gasteiger partial charge in [-0.05, 0) is 23.8 Å². The molecule has 0 amide bonds. The van der Waals surface area contributed by atoms with Crippen LogP contribution in [0.4, 0.5) is 0 Å². The van der Waals surface area contributed by atoms with Gasteiger partial charge in [-0.25, -0.2) is 4.79 Å². The van der Waals surface area contributed by atoms with Crippen molar-refractivity contribution in [2.45, 2.75) is 13.1 Å². The second-order valence-corrected chi connectivity index (χ2v) is 4.23. The average molecular weight is 266 g/mol. The van der Waals surface area contributed by atoms with Gasteiger partial charge in [-0.2, -0.15) is 0 Å². The molecule has 0 bridgehead atoms. The molecule has 2 N–H and O–H groups in total. The number of nitrogens with one attached hydrogen (secondary N) is 1. The van der Waals surface area contributed by atoms with Gasteiger partial charge in [0, 0.05) is 11.6 Å². The van der Waals surface area contributed by atoms with Crippen LogP contribution >= 0.6 is 11.6 Å². The molecule has 4 nitrogen and oxygen atoms in total. The Labute approximate surface area is 109 Å². The lowest BCUT2D eigenvalue weighted by atomic mass is 10.2. The topological polar surface area (TPSA) is 62.5 Å². The molecule has 0 aliphatic heterocycles. The van der Waals surface area contributed by atoms with Crippen LogP contribution in [0.25, 0.3) is 0 Å². The van der Waals surface area contributed by atoms with Crippen LogP contribution in [-0.4, -0.2) is 11.1 Å². The quantitative estimate of drug-likeness (QED) is 0.873. The van der Waals surface area contributed by atoms with E-state index in [2.05, 4.69) is 5.32 Å². The molecular weight excluding hydrogens is 254 g/mol. The molecule has 1 aromatic carbocycles. The van der Waals surface area contributed by atoms with Crippen LogP contribution in [0.2, 0.25) is 5.02 Å². The van der Waals surface area contributed by atoms with Crippen LogP contribution in [0.15, 0.2) is 41.0 Å². The smallest absolute Gasteiger partial charge is 0.339 e. The summed E-state index contributed by atoms with van der Waals surface area (Å²) in [6.45, 7) is 0.994. The number of hydrogen-bond donors (Lipinski definition) is 2. The van der Waals surface area contributed by atoms with Crippen LogP contribution in [0, 0.1) is 0 Å². The van der Waals surface area contributed by atoms with E-state index in [0.29, 0.717) is 23.9 Å². The van der Waals surface area contributed by atoms with Gasteiger partial charge in [0.2, 0.25) is 0 Å². The predicted octanol–water partition coefficient (Wildman–Crippen LogP) is 2.92. The van der Waals surface area contributed by atoms with Crippen molar-refractivity contribution in [1.29, 1.82) is 0 Å². The summed E-state index contributed by atoms with van der Waals surface area (Å²) in [6, 6.07) is 8.90. The molecule has 0 saturated heterocycles. The van der Waals surface area contributed by atoms with E-state index in [4.69, 9.17) is 21.1 Å². The fourth-order valence-corrected chi connectivity index (χ4v) is 1.72. The maximum atomic E-state index is 10.9. The second kappa shape index (κ2) is 5.71. The molecule has 0 aliphatic rings. The van der Waals surface area contributed by atoms with E-state index >= 15 is 0 Å². The minimum atomic E-state index is -0.980. The van der Waals surface area contributed by atoms with Gasteiger partial charge in [-0.1, -0.05) is 23.7 Å². The largest absolute Gasteiger partial charge is 0.478 e. The summed E-state index contributed by atoms with van der Waals surface area (Å²) in [5.74, 6) is -0.552. The average Bonchev–Trinajstić information content (AvgIpc) is 2.80.